The number of Topliss-reactive ketones (excluding diaryl/α,β-unsaturated/α-hetero) is 1. The van der Waals surface area contributed by atoms with E-state index in [1.807, 2.05) is 24.3 Å². The summed E-state index contributed by atoms with van der Waals surface area (Å²) in [5.41, 5.74) is 10.7. The summed E-state index contributed by atoms with van der Waals surface area (Å²) < 4.78 is 5.57. The van der Waals surface area contributed by atoms with Crippen molar-refractivity contribution in [1.82, 2.24) is 15.1 Å². The van der Waals surface area contributed by atoms with Gasteiger partial charge in [-0.25, -0.2) is 0 Å². The van der Waals surface area contributed by atoms with E-state index in [-0.39, 0.29) is 36.7 Å². The molecule has 2 amide bonds. The predicted octanol–water partition coefficient (Wildman–Crippen LogP) is 3.42. The monoisotopic (exact) mass is 522 g/mol. The standard InChI is InChI=1S/C28H38N6O4/c1-2-13-33-14-11-19(12-15-33)18-7-9-21(10-8-18)27(36)30-24(20-5-3-4-6-20)28(37)34-16-22(31-32-29)26-25(34)23(35)17-38-26/h7-10,19-20,22,24-26H,2-6,11-17H2,1H3,(H,30,36)/t22-,24+,25-,26-/m1/s1. The van der Waals surface area contributed by atoms with Crippen molar-refractivity contribution in [2.75, 3.05) is 32.8 Å². The van der Waals surface area contributed by atoms with Gasteiger partial charge < -0.3 is 19.9 Å². The zero-order chi connectivity index (χ0) is 26.6. The molecule has 1 aliphatic carbocycles. The Morgan fingerprint density at radius 1 is 1.16 bits per heavy atom. The molecule has 0 bridgehead atoms. The number of azide groups is 1. The number of amides is 2. The normalized spacial score (nSPS) is 27.2. The highest BCUT2D eigenvalue weighted by molar-refractivity contribution is 5.99. The van der Waals surface area contributed by atoms with Crippen molar-refractivity contribution in [3.05, 3.63) is 45.8 Å². The van der Waals surface area contributed by atoms with Gasteiger partial charge in [0.05, 0.1) is 12.1 Å². The minimum absolute atomic E-state index is 0.00780. The molecule has 5 rings (SSSR count). The van der Waals surface area contributed by atoms with Crippen LogP contribution >= 0.6 is 0 Å². The Morgan fingerprint density at radius 2 is 1.87 bits per heavy atom. The highest BCUT2D eigenvalue weighted by Crippen LogP contribution is 2.34. The molecule has 0 unspecified atom stereocenters. The molecule has 3 saturated heterocycles. The highest BCUT2D eigenvalue weighted by atomic mass is 16.5. The first-order chi connectivity index (χ1) is 18.5. The van der Waals surface area contributed by atoms with Crippen molar-refractivity contribution in [1.29, 1.82) is 0 Å². The number of ether oxygens (including phenoxy) is 1. The molecule has 4 fully saturated rings. The third kappa shape index (κ3) is 5.44. The number of fused-ring (bicyclic) bond motifs is 1. The summed E-state index contributed by atoms with van der Waals surface area (Å²) in [7, 11) is 0. The first kappa shape index (κ1) is 26.7. The zero-order valence-corrected chi connectivity index (χ0v) is 22.1. The van der Waals surface area contributed by atoms with Crippen molar-refractivity contribution in [2.24, 2.45) is 11.0 Å². The lowest BCUT2D eigenvalue weighted by Gasteiger charge is -2.32. The highest BCUT2D eigenvalue weighted by Gasteiger charge is 2.53. The maximum absolute atomic E-state index is 13.8. The lowest BCUT2D eigenvalue weighted by atomic mass is 9.89. The number of benzene rings is 1. The van der Waals surface area contributed by atoms with Crippen molar-refractivity contribution < 1.29 is 19.1 Å². The molecule has 1 saturated carbocycles. The second-order valence-corrected chi connectivity index (χ2v) is 11.2. The van der Waals surface area contributed by atoms with Gasteiger partial charge in [-0.05, 0) is 86.8 Å². The molecule has 1 aromatic rings. The fraction of sp³-hybridized carbons (Fsp3) is 0.679. The van der Waals surface area contributed by atoms with E-state index in [9.17, 15) is 14.4 Å². The van der Waals surface area contributed by atoms with Gasteiger partial charge >= 0.3 is 0 Å². The number of rotatable bonds is 8. The zero-order valence-electron chi connectivity index (χ0n) is 22.1. The number of nitrogens with one attached hydrogen (secondary N) is 1. The smallest absolute Gasteiger partial charge is 0.251 e. The largest absolute Gasteiger partial charge is 0.367 e. The number of hydrogen-bond donors (Lipinski definition) is 1. The Bertz CT molecular complexity index is 1070. The molecule has 0 aromatic heterocycles. The van der Waals surface area contributed by atoms with Crippen molar-refractivity contribution in [3.8, 4) is 0 Å². The lowest BCUT2D eigenvalue weighted by molar-refractivity contribution is -0.139. The topological polar surface area (TPSA) is 128 Å². The Morgan fingerprint density at radius 3 is 2.53 bits per heavy atom. The molecule has 0 spiro atoms. The fourth-order valence-corrected chi connectivity index (χ4v) is 6.81. The average molecular weight is 523 g/mol. The van der Waals surface area contributed by atoms with Gasteiger partial charge in [-0.3, -0.25) is 14.4 Å². The molecule has 10 nitrogen and oxygen atoms in total. The van der Waals surface area contributed by atoms with Gasteiger partial charge in [-0.15, -0.1) is 0 Å². The Balaban J connectivity index is 1.28. The lowest BCUT2D eigenvalue weighted by Crippen LogP contribution is -2.54. The number of ketones is 1. The molecule has 4 aliphatic rings. The van der Waals surface area contributed by atoms with Crippen LogP contribution in [0.3, 0.4) is 0 Å². The number of piperidine rings is 1. The van der Waals surface area contributed by atoms with Gasteiger partial charge in [0.2, 0.25) is 5.91 Å². The molecule has 4 atom stereocenters. The number of carbonyl (C=O) groups is 3. The van der Waals surface area contributed by atoms with Crippen LogP contribution in [0.2, 0.25) is 0 Å². The van der Waals surface area contributed by atoms with Crippen LogP contribution in [0.4, 0.5) is 0 Å². The van der Waals surface area contributed by atoms with E-state index in [1.165, 1.54) is 16.9 Å². The van der Waals surface area contributed by atoms with E-state index >= 15 is 0 Å². The fourth-order valence-electron chi connectivity index (χ4n) is 6.81. The summed E-state index contributed by atoms with van der Waals surface area (Å²) in [5, 5.41) is 6.80. The van der Waals surface area contributed by atoms with E-state index < -0.39 is 24.2 Å². The van der Waals surface area contributed by atoms with Crippen molar-refractivity contribution >= 4 is 17.6 Å². The molecular weight excluding hydrogens is 484 g/mol. The molecule has 38 heavy (non-hydrogen) atoms. The summed E-state index contributed by atoms with van der Waals surface area (Å²) in [4.78, 5) is 46.6. The third-order valence-corrected chi connectivity index (χ3v) is 8.84. The second kappa shape index (κ2) is 11.8. The maximum Gasteiger partial charge on any atom is 0.251 e. The van der Waals surface area contributed by atoms with Gasteiger partial charge in [0.25, 0.3) is 5.91 Å². The number of hydrogen-bond acceptors (Lipinski definition) is 6. The average Bonchev–Trinajstić information content (AvgIpc) is 3.68. The minimum Gasteiger partial charge on any atom is -0.367 e. The summed E-state index contributed by atoms with van der Waals surface area (Å²) in [6.07, 6.45) is 6.51. The number of carbonyl (C=O) groups excluding carboxylic acids is 3. The van der Waals surface area contributed by atoms with Gasteiger partial charge in [-0.2, -0.15) is 0 Å². The summed E-state index contributed by atoms with van der Waals surface area (Å²) in [6, 6.07) is 5.71. The van der Waals surface area contributed by atoms with Gasteiger partial charge in [-0.1, -0.05) is 37.0 Å². The van der Waals surface area contributed by atoms with Crippen LogP contribution < -0.4 is 5.32 Å². The third-order valence-electron chi connectivity index (χ3n) is 8.84. The van der Waals surface area contributed by atoms with Gasteiger partial charge in [0.1, 0.15) is 18.7 Å². The van der Waals surface area contributed by atoms with E-state index in [1.54, 1.807) is 0 Å². The molecule has 204 valence electrons. The predicted molar refractivity (Wildman–Crippen MR) is 142 cm³/mol. The SMILES string of the molecule is CCCN1CCC(c2ccc(C(=O)N[C@H](C(=O)N3C[C@@H](N=[N+]=[N-])[C@H]4OCC(=O)[C@H]43)C3CCCC3)cc2)CC1. The molecular formula is C28H38N6O4. The van der Waals surface area contributed by atoms with Crippen LogP contribution in [0, 0.1) is 5.92 Å². The van der Waals surface area contributed by atoms with Gasteiger partial charge in [0.15, 0.2) is 5.78 Å². The molecule has 1 N–H and O–H groups in total. The van der Waals surface area contributed by atoms with Crippen LogP contribution in [0.25, 0.3) is 10.4 Å². The number of nitrogens with zero attached hydrogens (tertiary/aromatic N) is 5. The van der Waals surface area contributed by atoms with Crippen LogP contribution in [0.15, 0.2) is 29.4 Å². The van der Waals surface area contributed by atoms with Crippen LogP contribution in [-0.2, 0) is 14.3 Å². The molecule has 3 heterocycles. The molecule has 1 aromatic carbocycles. The Kier molecular flexibility index (Phi) is 8.31. The van der Waals surface area contributed by atoms with E-state index in [2.05, 4.69) is 27.2 Å². The number of likely N-dealkylation sites (tertiary alicyclic amines) is 2. The Labute approximate surface area is 223 Å². The summed E-state index contributed by atoms with van der Waals surface area (Å²) >= 11 is 0. The van der Waals surface area contributed by atoms with Crippen molar-refractivity contribution in [3.63, 3.8) is 0 Å². The first-order valence-corrected chi connectivity index (χ1v) is 14.1. The molecule has 10 heteroatoms. The first-order valence-electron chi connectivity index (χ1n) is 14.1. The summed E-state index contributed by atoms with van der Waals surface area (Å²) in [6.45, 7) is 5.61. The summed E-state index contributed by atoms with van der Waals surface area (Å²) in [5.74, 6) is -0.243. The van der Waals surface area contributed by atoms with E-state index in [0.717, 1.165) is 58.2 Å². The van der Waals surface area contributed by atoms with Crippen molar-refractivity contribution in [2.45, 2.75) is 82.0 Å². The van der Waals surface area contributed by atoms with E-state index in [0.29, 0.717) is 11.5 Å². The maximum atomic E-state index is 13.8. The minimum atomic E-state index is -0.762. The van der Waals surface area contributed by atoms with Gasteiger partial charge in [0, 0.05) is 17.0 Å². The van der Waals surface area contributed by atoms with Crippen LogP contribution in [0.1, 0.15) is 73.7 Å². The van der Waals surface area contributed by atoms with Crippen LogP contribution in [-0.4, -0.2) is 84.4 Å². The quantitative estimate of drug-likeness (QED) is 0.318. The second-order valence-electron chi connectivity index (χ2n) is 11.2. The van der Waals surface area contributed by atoms with E-state index in [4.69, 9.17) is 10.3 Å². The van der Waals surface area contributed by atoms with Crippen LogP contribution in [0.5, 0.6) is 0 Å². The Hall–Kier alpha value is -2.94. The molecule has 0 radical (unpaired) electrons. The molecule has 3 aliphatic heterocycles.